The minimum Gasteiger partial charge on any atom is -0.469 e. The topological polar surface area (TPSA) is 55.6 Å². The molecule has 2 unspecified atom stereocenters. The molecule has 4 nitrogen and oxygen atoms in total. The number of hydrogen-bond donors (Lipinski definition) is 1. The van der Waals surface area contributed by atoms with E-state index >= 15 is 0 Å². The Balaban J connectivity index is 1.88. The first-order valence-corrected chi connectivity index (χ1v) is 7.67. The number of esters is 1. The van der Waals surface area contributed by atoms with Crippen molar-refractivity contribution in [2.24, 2.45) is 11.7 Å². The predicted octanol–water partition coefficient (Wildman–Crippen LogP) is 2.10. The van der Waals surface area contributed by atoms with E-state index in [9.17, 15) is 4.79 Å². The molecule has 1 aromatic carbocycles. The Labute approximate surface area is 127 Å². The Morgan fingerprint density at radius 2 is 2.05 bits per heavy atom. The molecule has 1 heterocycles. The van der Waals surface area contributed by atoms with Crippen molar-refractivity contribution in [3.05, 3.63) is 35.4 Å². The van der Waals surface area contributed by atoms with Crippen LogP contribution in [0.1, 0.15) is 30.4 Å². The summed E-state index contributed by atoms with van der Waals surface area (Å²) in [5.74, 6) is 0.359. The van der Waals surface area contributed by atoms with Crippen LogP contribution in [-0.2, 0) is 16.1 Å². The Morgan fingerprint density at radius 3 is 2.71 bits per heavy atom. The predicted molar refractivity (Wildman–Crippen MR) is 83.8 cm³/mol. The SMILES string of the molecule is COC(=O)CCC1CC(N)CN(Cc2ccc(C)cc2)C1. The second-order valence-corrected chi connectivity index (χ2v) is 6.16. The number of piperidine rings is 1. The summed E-state index contributed by atoms with van der Waals surface area (Å²) in [6.45, 7) is 4.98. The summed E-state index contributed by atoms with van der Waals surface area (Å²) in [4.78, 5) is 13.7. The van der Waals surface area contributed by atoms with Crippen molar-refractivity contribution in [2.45, 2.75) is 38.8 Å². The van der Waals surface area contributed by atoms with E-state index in [0.717, 1.165) is 32.5 Å². The average Bonchev–Trinajstić information content (AvgIpc) is 2.46. The van der Waals surface area contributed by atoms with Gasteiger partial charge in [-0.15, -0.1) is 0 Å². The molecule has 0 saturated carbocycles. The van der Waals surface area contributed by atoms with E-state index in [1.807, 2.05) is 0 Å². The van der Waals surface area contributed by atoms with E-state index in [2.05, 4.69) is 36.1 Å². The van der Waals surface area contributed by atoms with Gasteiger partial charge in [0.1, 0.15) is 0 Å². The molecular weight excluding hydrogens is 264 g/mol. The van der Waals surface area contributed by atoms with E-state index in [0.29, 0.717) is 12.3 Å². The summed E-state index contributed by atoms with van der Waals surface area (Å²) < 4.78 is 4.72. The monoisotopic (exact) mass is 290 g/mol. The lowest BCUT2D eigenvalue weighted by Gasteiger charge is -2.36. The summed E-state index contributed by atoms with van der Waals surface area (Å²) in [5.41, 5.74) is 8.78. The van der Waals surface area contributed by atoms with Gasteiger partial charge >= 0.3 is 5.97 Å². The van der Waals surface area contributed by atoms with Crippen molar-refractivity contribution in [2.75, 3.05) is 20.2 Å². The number of rotatable bonds is 5. The fourth-order valence-electron chi connectivity index (χ4n) is 3.06. The van der Waals surface area contributed by atoms with Crippen molar-refractivity contribution in [3.63, 3.8) is 0 Å². The number of carbonyl (C=O) groups is 1. The summed E-state index contributed by atoms with van der Waals surface area (Å²) in [7, 11) is 1.44. The van der Waals surface area contributed by atoms with Gasteiger partial charge in [-0.2, -0.15) is 0 Å². The summed E-state index contributed by atoms with van der Waals surface area (Å²) in [6.07, 6.45) is 2.36. The zero-order chi connectivity index (χ0) is 15.2. The molecule has 2 atom stereocenters. The van der Waals surface area contributed by atoms with E-state index in [4.69, 9.17) is 10.5 Å². The largest absolute Gasteiger partial charge is 0.469 e. The van der Waals surface area contributed by atoms with Crippen LogP contribution >= 0.6 is 0 Å². The Bertz CT molecular complexity index is 458. The number of ether oxygens (including phenoxy) is 1. The third kappa shape index (κ3) is 5.14. The quantitative estimate of drug-likeness (QED) is 0.844. The molecule has 0 spiro atoms. The van der Waals surface area contributed by atoms with Gasteiger partial charge in [-0.1, -0.05) is 29.8 Å². The highest BCUT2D eigenvalue weighted by atomic mass is 16.5. The van der Waals surface area contributed by atoms with Crippen LogP contribution in [-0.4, -0.2) is 37.1 Å². The minimum absolute atomic E-state index is 0.126. The molecule has 2 N–H and O–H groups in total. The van der Waals surface area contributed by atoms with Crippen molar-refractivity contribution in [1.82, 2.24) is 4.90 Å². The molecule has 4 heteroatoms. The maximum absolute atomic E-state index is 11.3. The van der Waals surface area contributed by atoms with Gasteiger partial charge < -0.3 is 10.5 Å². The van der Waals surface area contributed by atoms with Gasteiger partial charge in [0, 0.05) is 32.1 Å². The standard InChI is InChI=1S/C17H26N2O2/c1-13-3-5-14(6-4-13)10-19-11-15(9-16(18)12-19)7-8-17(20)21-2/h3-6,15-16H,7-12,18H2,1-2H3. The first kappa shape index (κ1) is 16.0. The van der Waals surface area contributed by atoms with Gasteiger partial charge in [0.15, 0.2) is 0 Å². The number of aryl methyl sites for hydroxylation is 1. The van der Waals surface area contributed by atoms with Crippen LogP contribution in [0.15, 0.2) is 24.3 Å². The van der Waals surface area contributed by atoms with Crippen molar-refractivity contribution in [1.29, 1.82) is 0 Å². The van der Waals surface area contributed by atoms with E-state index in [1.54, 1.807) is 0 Å². The van der Waals surface area contributed by atoms with Crippen LogP contribution in [0.4, 0.5) is 0 Å². The molecule has 1 saturated heterocycles. The second kappa shape index (κ2) is 7.57. The van der Waals surface area contributed by atoms with Gasteiger partial charge in [-0.05, 0) is 31.2 Å². The number of nitrogens with zero attached hydrogens (tertiary/aromatic N) is 1. The number of nitrogens with two attached hydrogens (primary N) is 1. The molecule has 116 valence electrons. The maximum atomic E-state index is 11.3. The molecule has 0 aliphatic carbocycles. The summed E-state index contributed by atoms with van der Waals surface area (Å²) in [6, 6.07) is 8.85. The zero-order valence-corrected chi connectivity index (χ0v) is 13.0. The van der Waals surface area contributed by atoms with Gasteiger partial charge in [0.25, 0.3) is 0 Å². The first-order chi connectivity index (χ1) is 10.1. The lowest BCUT2D eigenvalue weighted by atomic mass is 9.90. The van der Waals surface area contributed by atoms with E-state index in [-0.39, 0.29) is 12.0 Å². The summed E-state index contributed by atoms with van der Waals surface area (Å²) >= 11 is 0. The van der Waals surface area contributed by atoms with Crippen LogP contribution in [0.3, 0.4) is 0 Å². The van der Waals surface area contributed by atoms with Crippen LogP contribution in [0.2, 0.25) is 0 Å². The Kier molecular flexibility index (Phi) is 5.76. The highest BCUT2D eigenvalue weighted by molar-refractivity contribution is 5.69. The van der Waals surface area contributed by atoms with Crippen molar-refractivity contribution >= 4 is 5.97 Å². The molecular formula is C17H26N2O2. The van der Waals surface area contributed by atoms with Crippen LogP contribution in [0, 0.1) is 12.8 Å². The molecule has 1 aliphatic rings. The van der Waals surface area contributed by atoms with Crippen LogP contribution in [0.25, 0.3) is 0 Å². The van der Waals surface area contributed by atoms with Gasteiger partial charge in [0.05, 0.1) is 7.11 Å². The smallest absolute Gasteiger partial charge is 0.305 e. The maximum Gasteiger partial charge on any atom is 0.305 e. The van der Waals surface area contributed by atoms with Crippen molar-refractivity contribution < 1.29 is 9.53 Å². The normalized spacial score (nSPS) is 23.0. The Morgan fingerprint density at radius 1 is 1.33 bits per heavy atom. The number of methoxy groups -OCH3 is 1. The average molecular weight is 290 g/mol. The molecule has 21 heavy (non-hydrogen) atoms. The molecule has 1 aliphatic heterocycles. The number of benzene rings is 1. The molecule has 0 bridgehead atoms. The first-order valence-electron chi connectivity index (χ1n) is 7.67. The lowest BCUT2D eigenvalue weighted by Crippen LogP contribution is -2.46. The second-order valence-electron chi connectivity index (χ2n) is 6.16. The van der Waals surface area contributed by atoms with Crippen molar-refractivity contribution in [3.8, 4) is 0 Å². The molecule has 0 radical (unpaired) electrons. The fourth-order valence-corrected chi connectivity index (χ4v) is 3.06. The number of likely N-dealkylation sites (tertiary alicyclic amines) is 1. The van der Waals surface area contributed by atoms with E-state index < -0.39 is 0 Å². The van der Waals surface area contributed by atoms with Gasteiger partial charge in [-0.3, -0.25) is 9.69 Å². The highest BCUT2D eigenvalue weighted by Gasteiger charge is 2.25. The van der Waals surface area contributed by atoms with Crippen LogP contribution in [0.5, 0.6) is 0 Å². The number of hydrogen-bond acceptors (Lipinski definition) is 4. The molecule has 2 rings (SSSR count). The zero-order valence-electron chi connectivity index (χ0n) is 13.0. The minimum atomic E-state index is -0.126. The fraction of sp³-hybridized carbons (Fsp3) is 0.588. The highest BCUT2D eigenvalue weighted by Crippen LogP contribution is 2.22. The third-order valence-electron chi connectivity index (χ3n) is 4.16. The van der Waals surface area contributed by atoms with E-state index in [1.165, 1.54) is 18.2 Å². The van der Waals surface area contributed by atoms with Crippen LogP contribution < -0.4 is 5.73 Å². The third-order valence-corrected chi connectivity index (χ3v) is 4.16. The molecule has 0 aromatic heterocycles. The Hall–Kier alpha value is -1.39. The van der Waals surface area contributed by atoms with Gasteiger partial charge in [-0.25, -0.2) is 0 Å². The molecule has 0 amide bonds. The molecule has 1 aromatic rings. The summed E-state index contributed by atoms with van der Waals surface area (Å²) in [5, 5.41) is 0. The lowest BCUT2D eigenvalue weighted by molar-refractivity contribution is -0.141. The van der Waals surface area contributed by atoms with Gasteiger partial charge in [0.2, 0.25) is 0 Å². The molecule has 1 fully saturated rings. The number of carbonyl (C=O) groups excluding carboxylic acids is 1.